The van der Waals surface area contributed by atoms with E-state index >= 15 is 0 Å². The molecule has 0 spiro atoms. The Hall–Kier alpha value is -6.36. The van der Waals surface area contributed by atoms with Gasteiger partial charge in [0.1, 0.15) is 23.0 Å². The summed E-state index contributed by atoms with van der Waals surface area (Å²) in [6, 6.07) is 28.3. The fraction of sp³-hybridized carbons (Fsp3) is 0.128. The Morgan fingerprint density at radius 2 is 0.982 bits per heavy atom. The maximum Gasteiger partial charge on any atom is 0.255 e. The van der Waals surface area contributed by atoms with E-state index in [-0.39, 0.29) is 39.0 Å². The summed E-state index contributed by atoms with van der Waals surface area (Å²) in [5.74, 6) is -0.993. The molecule has 9 N–H and O–H groups in total. The molecule has 14 nitrogen and oxygen atoms in total. The Balaban J connectivity index is 0.000000211. The molecule has 0 aliphatic carbocycles. The number of hydrogen-bond donors (Lipinski definition) is 8. The minimum absolute atomic E-state index is 0.0274. The summed E-state index contributed by atoms with van der Waals surface area (Å²) in [6.45, 7) is 0.639. The van der Waals surface area contributed by atoms with E-state index in [1.54, 1.807) is 48.5 Å². The van der Waals surface area contributed by atoms with Gasteiger partial charge in [0.25, 0.3) is 11.8 Å². The van der Waals surface area contributed by atoms with Gasteiger partial charge < -0.3 is 31.1 Å². The van der Waals surface area contributed by atoms with Crippen molar-refractivity contribution in [1.29, 1.82) is 0 Å². The van der Waals surface area contributed by atoms with Gasteiger partial charge >= 0.3 is 0 Å². The zero-order valence-electron chi connectivity index (χ0n) is 29.4. The number of primary sulfonamides is 1. The summed E-state index contributed by atoms with van der Waals surface area (Å²) in [5, 5.41) is 52.5. The highest BCUT2D eigenvalue weighted by molar-refractivity contribution is 7.92. The van der Waals surface area contributed by atoms with Gasteiger partial charge in [-0.3, -0.25) is 14.3 Å². The smallest absolute Gasteiger partial charge is 0.255 e. The Labute approximate surface area is 317 Å². The van der Waals surface area contributed by atoms with Crippen molar-refractivity contribution in [3.8, 4) is 23.0 Å². The topological polar surface area (TPSA) is 245 Å². The third kappa shape index (κ3) is 11.1. The van der Waals surface area contributed by atoms with Crippen LogP contribution >= 0.6 is 0 Å². The molecular formula is C39H38N4O10S2. The van der Waals surface area contributed by atoms with Gasteiger partial charge in [0.2, 0.25) is 20.0 Å². The molecule has 55 heavy (non-hydrogen) atoms. The molecular weight excluding hydrogens is 749 g/mol. The van der Waals surface area contributed by atoms with E-state index < -0.39 is 31.9 Å². The number of carbonyl (C=O) groups is 2. The van der Waals surface area contributed by atoms with Gasteiger partial charge in [0, 0.05) is 18.8 Å². The fourth-order valence-corrected chi connectivity index (χ4v) is 6.62. The molecule has 0 aromatic heterocycles. The van der Waals surface area contributed by atoms with Gasteiger partial charge in [-0.05, 0) is 118 Å². The van der Waals surface area contributed by atoms with Crippen LogP contribution in [0.15, 0.2) is 114 Å². The van der Waals surface area contributed by atoms with Crippen LogP contribution < -0.4 is 20.5 Å². The second kappa shape index (κ2) is 16.8. The van der Waals surface area contributed by atoms with Crippen molar-refractivity contribution >= 4 is 59.1 Å². The molecule has 6 aromatic rings. The molecule has 0 heterocycles. The van der Waals surface area contributed by atoms with Gasteiger partial charge in [0.15, 0.2) is 0 Å². The Bertz CT molecular complexity index is 2600. The lowest BCUT2D eigenvalue weighted by molar-refractivity contribution is 0.0943. The van der Waals surface area contributed by atoms with Crippen LogP contribution in [-0.4, -0.2) is 68.4 Å². The average Bonchev–Trinajstić information content (AvgIpc) is 3.11. The second-order valence-corrected chi connectivity index (χ2v) is 15.9. The van der Waals surface area contributed by atoms with E-state index in [0.29, 0.717) is 47.8 Å². The third-order valence-electron chi connectivity index (χ3n) is 8.27. The average molecular weight is 787 g/mol. The monoisotopic (exact) mass is 786 g/mol. The highest BCUT2D eigenvalue weighted by atomic mass is 32.2. The number of amides is 2. The lowest BCUT2D eigenvalue weighted by atomic mass is 10.0. The van der Waals surface area contributed by atoms with Crippen LogP contribution in [0.1, 0.15) is 31.8 Å². The lowest BCUT2D eigenvalue weighted by Gasteiger charge is -2.09. The van der Waals surface area contributed by atoms with Gasteiger partial charge in [-0.1, -0.05) is 36.4 Å². The fourth-order valence-electron chi connectivity index (χ4n) is 5.54. The zero-order chi connectivity index (χ0) is 39.9. The SMILES string of the molecule is CS(=O)(=O)Nc1ccc(CCNC(=O)c2cc3cc(O)ccc3cc2O)cc1.NS(=O)(=O)c1ccc(CCNC(=O)c2cc3cc(O)ccc3cc2O)cc1. The van der Waals surface area contributed by atoms with Crippen molar-refractivity contribution < 1.29 is 46.9 Å². The van der Waals surface area contributed by atoms with Crippen molar-refractivity contribution in [2.45, 2.75) is 17.7 Å². The van der Waals surface area contributed by atoms with Crippen molar-refractivity contribution in [2.24, 2.45) is 5.14 Å². The van der Waals surface area contributed by atoms with Crippen LogP contribution in [0.25, 0.3) is 21.5 Å². The summed E-state index contributed by atoms with van der Waals surface area (Å²) < 4.78 is 47.3. The van der Waals surface area contributed by atoms with Gasteiger partial charge in [0.05, 0.1) is 22.3 Å². The van der Waals surface area contributed by atoms with E-state index in [2.05, 4.69) is 15.4 Å². The lowest BCUT2D eigenvalue weighted by Crippen LogP contribution is -2.25. The number of phenols is 4. The minimum atomic E-state index is -3.73. The molecule has 0 radical (unpaired) electrons. The molecule has 2 amide bonds. The van der Waals surface area contributed by atoms with Crippen LogP contribution in [0.3, 0.4) is 0 Å². The molecule has 0 fully saturated rings. The number of nitrogens with two attached hydrogens (primary N) is 1. The van der Waals surface area contributed by atoms with Crippen LogP contribution in [-0.2, 0) is 32.9 Å². The largest absolute Gasteiger partial charge is 0.508 e. The number of aromatic hydroxyl groups is 4. The van der Waals surface area contributed by atoms with Crippen molar-refractivity contribution in [3.05, 3.63) is 131 Å². The molecule has 16 heteroatoms. The molecule has 0 atom stereocenters. The maximum absolute atomic E-state index is 12.4. The standard InChI is InChI=1S/C20H20N2O5S.C19H18N2O5S/c1-28(26,27)22-16-5-2-13(3-6-16)8-9-21-20(25)18-11-15-10-17(23)7-4-14(15)12-19(18)24;20-27(25,26)16-5-1-12(2-6-16)7-8-21-19(24)17-10-14-9-15(22)4-3-13(14)11-18(17)23/h2-7,10-12,22-24H,8-9H2,1H3,(H,21,25);1-6,9-11,22-23H,7-8H2,(H,21,24)(H2,20,25,26). The number of hydrogen-bond acceptors (Lipinski definition) is 10. The Morgan fingerprint density at radius 3 is 1.38 bits per heavy atom. The molecule has 0 bridgehead atoms. The minimum Gasteiger partial charge on any atom is -0.508 e. The summed E-state index contributed by atoms with van der Waals surface area (Å²) in [4.78, 5) is 24.8. The number of phenolic OH excluding ortho intramolecular Hbond substituents is 4. The number of sulfonamides is 2. The summed E-state index contributed by atoms with van der Waals surface area (Å²) in [5.41, 5.74) is 2.46. The van der Waals surface area contributed by atoms with E-state index in [4.69, 9.17) is 5.14 Å². The van der Waals surface area contributed by atoms with Crippen molar-refractivity contribution in [3.63, 3.8) is 0 Å². The maximum atomic E-state index is 12.4. The third-order valence-corrected chi connectivity index (χ3v) is 9.81. The van der Waals surface area contributed by atoms with Gasteiger partial charge in [-0.2, -0.15) is 0 Å². The molecule has 0 saturated heterocycles. The molecule has 0 aliphatic rings. The molecule has 6 aromatic carbocycles. The molecule has 0 unspecified atom stereocenters. The Kier molecular flexibility index (Phi) is 12.1. The highest BCUT2D eigenvalue weighted by Crippen LogP contribution is 2.29. The van der Waals surface area contributed by atoms with E-state index in [1.165, 1.54) is 60.7 Å². The molecule has 0 aliphatic heterocycles. The van der Waals surface area contributed by atoms with E-state index in [0.717, 1.165) is 22.8 Å². The first-order valence-electron chi connectivity index (χ1n) is 16.6. The Morgan fingerprint density at radius 1 is 0.564 bits per heavy atom. The molecule has 6 rings (SSSR count). The number of rotatable bonds is 11. The zero-order valence-corrected chi connectivity index (χ0v) is 31.0. The van der Waals surface area contributed by atoms with Crippen molar-refractivity contribution in [2.75, 3.05) is 24.1 Å². The van der Waals surface area contributed by atoms with E-state index in [1.807, 2.05) is 0 Å². The van der Waals surface area contributed by atoms with Crippen LogP contribution in [0.4, 0.5) is 5.69 Å². The molecule has 0 saturated carbocycles. The molecule has 286 valence electrons. The van der Waals surface area contributed by atoms with E-state index in [9.17, 15) is 46.9 Å². The summed E-state index contributed by atoms with van der Waals surface area (Å²) >= 11 is 0. The normalized spacial score (nSPS) is 11.4. The van der Waals surface area contributed by atoms with Crippen LogP contribution in [0.2, 0.25) is 0 Å². The first-order valence-corrected chi connectivity index (χ1v) is 20.1. The highest BCUT2D eigenvalue weighted by Gasteiger charge is 2.14. The number of nitrogens with one attached hydrogen (secondary N) is 3. The summed E-state index contributed by atoms with van der Waals surface area (Å²) in [6.07, 6.45) is 2.10. The van der Waals surface area contributed by atoms with Gasteiger partial charge in [-0.25, -0.2) is 22.0 Å². The van der Waals surface area contributed by atoms with Gasteiger partial charge in [-0.15, -0.1) is 0 Å². The quantitative estimate of drug-likeness (QED) is 0.0916. The predicted molar refractivity (Wildman–Crippen MR) is 209 cm³/mol. The van der Waals surface area contributed by atoms with Crippen LogP contribution in [0, 0.1) is 0 Å². The first kappa shape index (κ1) is 39.8. The predicted octanol–water partition coefficient (Wildman–Crippen LogP) is 4.47. The number of carbonyl (C=O) groups excluding carboxylic acids is 2. The first-order chi connectivity index (χ1) is 25.9. The number of fused-ring (bicyclic) bond motifs is 2. The van der Waals surface area contributed by atoms with Crippen molar-refractivity contribution in [1.82, 2.24) is 10.6 Å². The van der Waals surface area contributed by atoms with Crippen LogP contribution in [0.5, 0.6) is 23.0 Å². The second-order valence-electron chi connectivity index (χ2n) is 12.6. The summed E-state index contributed by atoms with van der Waals surface area (Å²) in [7, 11) is -7.05. The number of anilines is 1. The number of benzene rings is 6.